The van der Waals surface area contributed by atoms with E-state index in [4.69, 9.17) is 4.74 Å². The van der Waals surface area contributed by atoms with Crippen LogP contribution in [0.5, 0.6) is 0 Å². The smallest absolute Gasteiger partial charge is 0.223 e. The van der Waals surface area contributed by atoms with Gasteiger partial charge in [0.15, 0.2) is 0 Å². The first-order chi connectivity index (χ1) is 9.29. The summed E-state index contributed by atoms with van der Waals surface area (Å²) in [6.07, 6.45) is 4.98. The third-order valence-electron chi connectivity index (χ3n) is 3.51. The van der Waals surface area contributed by atoms with Crippen molar-refractivity contribution in [1.29, 1.82) is 0 Å². The molecule has 0 bridgehead atoms. The van der Waals surface area contributed by atoms with Crippen LogP contribution in [0.4, 0.5) is 0 Å². The molecule has 1 aliphatic heterocycles. The van der Waals surface area contributed by atoms with Crippen LogP contribution in [0.3, 0.4) is 0 Å². The van der Waals surface area contributed by atoms with Crippen molar-refractivity contribution < 1.29 is 9.53 Å². The predicted octanol–water partition coefficient (Wildman–Crippen LogP) is 2.40. The van der Waals surface area contributed by atoms with Crippen molar-refractivity contribution in [2.45, 2.75) is 45.1 Å². The molecule has 1 saturated heterocycles. The van der Waals surface area contributed by atoms with Gasteiger partial charge < -0.3 is 10.1 Å². The number of thiazole rings is 1. The zero-order valence-electron chi connectivity index (χ0n) is 11.4. The predicted molar refractivity (Wildman–Crippen MR) is 76.2 cm³/mol. The van der Waals surface area contributed by atoms with Crippen LogP contribution in [0.25, 0.3) is 0 Å². The molecular formula is C14H22N2O2S. The largest absolute Gasteiger partial charge is 0.378 e. The maximum absolute atomic E-state index is 12.1. The molecule has 1 fully saturated rings. The first-order valence-corrected chi connectivity index (χ1v) is 8.00. The normalized spacial score (nSPS) is 23.2. The molecule has 19 heavy (non-hydrogen) atoms. The van der Waals surface area contributed by atoms with Crippen molar-refractivity contribution in [3.63, 3.8) is 0 Å². The van der Waals surface area contributed by atoms with E-state index in [0.717, 1.165) is 44.4 Å². The zero-order chi connectivity index (χ0) is 13.5. The lowest BCUT2D eigenvalue weighted by atomic mass is 9.93. The van der Waals surface area contributed by atoms with Gasteiger partial charge in [0.25, 0.3) is 0 Å². The summed E-state index contributed by atoms with van der Waals surface area (Å²) in [5.74, 6) is 0.306. The summed E-state index contributed by atoms with van der Waals surface area (Å²) in [6, 6.07) is 0. The van der Waals surface area contributed by atoms with E-state index in [2.05, 4.69) is 17.2 Å². The number of hydrogen-bond acceptors (Lipinski definition) is 4. The van der Waals surface area contributed by atoms with Gasteiger partial charge in [-0.05, 0) is 19.3 Å². The van der Waals surface area contributed by atoms with E-state index in [1.54, 1.807) is 11.3 Å². The van der Waals surface area contributed by atoms with Crippen LogP contribution in [-0.2, 0) is 16.0 Å². The molecule has 1 amide bonds. The molecule has 2 rings (SSSR count). The average Bonchev–Trinajstić information content (AvgIpc) is 2.92. The molecule has 2 atom stereocenters. The molecular weight excluding hydrogens is 260 g/mol. The third kappa shape index (κ3) is 4.58. The van der Waals surface area contributed by atoms with Crippen LogP contribution in [-0.4, -0.2) is 30.1 Å². The third-order valence-corrected chi connectivity index (χ3v) is 4.15. The summed E-state index contributed by atoms with van der Waals surface area (Å²) in [5, 5.41) is 5.05. The van der Waals surface area contributed by atoms with Gasteiger partial charge in [0.2, 0.25) is 5.91 Å². The fourth-order valence-electron chi connectivity index (χ4n) is 2.46. The minimum atomic E-state index is 0.126. The zero-order valence-corrected chi connectivity index (χ0v) is 12.2. The quantitative estimate of drug-likeness (QED) is 0.871. The van der Waals surface area contributed by atoms with Gasteiger partial charge in [0.05, 0.1) is 17.3 Å². The van der Waals surface area contributed by atoms with E-state index >= 15 is 0 Å². The molecule has 1 aromatic heterocycles. The second-order valence-corrected chi connectivity index (χ2v) is 5.74. The van der Waals surface area contributed by atoms with E-state index in [1.165, 1.54) is 0 Å². The maximum Gasteiger partial charge on any atom is 0.223 e. The molecule has 0 aromatic carbocycles. The van der Waals surface area contributed by atoms with Gasteiger partial charge in [0, 0.05) is 30.9 Å². The fraction of sp³-hybridized carbons (Fsp3) is 0.714. The standard InChI is InChI=1S/C14H22N2O2S/c1-2-3-13-8-11(5-7-18-13)14(17)15-6-4-12-9-19-10-16-12/h9-11,13H,2-8H2,1H3,(H,15,17). The molecule has 1 aromatic rings. The van der Waals surface area contributed by atoms with Gasteiger partial charge in [-0.2, -0.15) is 0 Å². The van der Waals surface area contributed by atoms with Gasteiger partial charge >= 0.3 is 0 Å². The van der Waals surface area contributed by atoms with Crippen molar-refractivity contribution >= 4 is 17.2 Å². The van der Waals surface area contributed by atoms with Gasteiger partial charge in [-0.1, -0.05) is 13.3 Å². The molecule has 1 N–H and O–H groups in total. The number of ether oxygens (including phenoxy) is 1. The molecule has 0 saturated carbocycles. The Hall–Kier alpha value is -0.940. The van der Waals surface area contributed by atoms with Crippen molar-refractivity contribution in [2.24, 2.45) is 5.92 Å². The van der Waals surface area contributed by atoms with Gasteiger partial charge in [-0.25, -0.2) is 4.98 Å². The van der Waals surface area contributed by atoms with Crippen molar-refractivity contribution in [1.82, 2.24) is 10.3 Å². The number of rotatable bonds is 6. The maximum atomic E-state index is 12.1. The summed E-state index contributed by atoms with van der Waals surface area (Å²) in [6.45, 7) is 3.55. The number of amides is 1. The molecule has 1 aliphatic rings. The highest BCUT2D eigenvalue weighted by Gasteiger charge is 2.27. The summed E-state index contributed by atoms with van der Waals surface area (Å²) >= 11 is 1.59. The number of carbonyl (C=O) groups is 1. The van der Waals surface area contributed by atoms with Crippen LogP contribution in [0, 0.1) is 5.92 Å². The first-order valence-electron chi connectivity index (χ1n) is 7.06. The lowest BCUT2D eigenvalue weighted by molar-refractivity contribution is -0.130. The monoisotopic (exact) mass is 282 g/mol. The highest BCUT2D eigenvalue weighted by molar-refractivity contribution is 7.07. The summed E-state index contributed by atoms with van der Waals surface area (Å²) in [7, 11) is 0. The number of nitrogens with zero attached hydrogens (tertiary/aromatic N) is 1. The lowest BCUT2D eigenvalue weighted by Gasteiger charge is -2.28. The summed E-state index contributed by atoms with van der Waals surface area (Å²) in [4.78, 5) is 16.3. The van der Waals surface area contributed by atoms with Crippen molar-refractivity contribution in [3.8, 4) is 0 Å². The SMILES string of the molecule is CCCC1CC(C(=O)NCCc2cscn2)CCO1. The van der Waals surface area contributed by atoms with Crippen LogP contribution in [0.15, 0.2) is 10.9 Å². The Morgan fingerprint density at radius 1 is 1.63 bits per heavy atom. The Kier molecular flexibility index (Phi) is 5.79. The molecule has 0 radical (unpaired) electrons. The number of hydrogen-bond donors (Lipinski definition) is 1. The average molecular weight is 282 g/mol. The molecule has 2 unspecified atom stereocenters. The Morgan fingerprint density at radius 2 is 2.53 bits per heavy atom. The van der Waals surface area contributed by atoms with Crippen LogP contribution in [0.1, 0.15) is 38.3 Å². The Labute approximate surface area is 118 Å². The second-order valence-electron chi connectivity index (χ2n) is 5.02. The van der Waals surface area contributed by atoms with Crippen molar-refractivity contribution in [3.05, 3.63) is 16.6 Å². The van der Waals surface area contributed by atoms with E-state index in [9.17, 15) is 4.79 Å². The molecule has 0 spiro atoms. The van der Waals surface area contributed by atoms with E-state index < -0.39 is 0 Å². The van der Waals surface area contributed by atoms with Gasteiger partial charge in [0.1, 0.15) is 0 Å². The second kappa shape index (κ2) is 7.60. The molecule has 5 heteroatoms. The highest BCUT2D eigenvalue weighted by atomic mass is 32.1. The first kappa shape index (κ1) is 14.5. The van der Waals surface area contributed by atoms with Crippen LogP contribution >= 0.6 is 11.3 Å². The minimum Gasteiger partial charge on any atom is -0.378 e. The number of nitrogens with one attached hydrogen (secondary N) is 1. The van der Waals surface area contributed by atoms with E-state index in [-0.39, 0.29) is 17.9 Å². The molecule has 106 valence electrons. The number of aromatic nitrogens is 1. The lowest BCUT2D eigenvalue weighted by Crippen LogP contribution is -2.38. The Morgan fingerprint density at radius 3 is 3.26 bits per heavy atom. The molecule has 2 heterocycles. The topological polar surface area (TPSA) is 51.2 Å². The van der Waals surface area contributed by atoms with Gasteiger partial charge in [-0.3, -0.25) is 4.79 Å². The minimum absolute atomic E-state index is 0.126. The molecule has 0 aliphatic carbocycles. The van der Waals surface area contributed by atoms with E-state index in [1.807, 2.05) is 10.9 Å². The molecule has 4 nitrogen and oxygen atoms in total. The highest BCUT2D eigenvalue weighted by Crippen LogP contribution is 2.23. The Balaban J connectivity index is 1.70. The van der Waals surface area contributed by atoms with E-state index in [0.29, 0.717) is 6.54 Å². The summed E-state index contributed by atoms with van der Waals surface area (Å²) < 4.78 is 5.67. The Bertz CT molecular complexity index is 379. The fourth-order valence-corrected chi connectivity index (χ4v) is 3.05. The van der Waals surface area contributed by atoms with Crippen molar-refractivity contribution in [2.75, 3.05) is 13.2 Å². The van der Waals surface area contributed by atoms with Crippen LogP contribution in [0.2, 0.25) is 0 Å². The summed E-state index contributed by atoms with van der Waals surface area (Å²) in [5.41, 5.74) is 2.88. The van der Waals surface area contributed by atoms with Gasteiger partial charge in [-0.15, -0.1) is 11.3 Å². The van der Waals surface area contributed by atoms with Crippen LogP contribution < -0.4 is 5.32 Å². The number of carbonyl (C=O) groups excluding carboxylic acids is 1.